The number of benzene rings is 1. The van der Waals surface area contributed by atoms with Gasteiger partial charge in [-0.3, -0.25) is 4.90 Å². The lowest BCUT2D eigenvalue weighted by molar-refractivity contribution is -0.145. The topological polar surface area (TPSA) is 66.8 Å². The van der Waals surface area contributed by atoms with Crippen molar-refractivity contribution >= 4 is 12.1 Å². The maximum absolute atomic E-state index is 11.5. The molecule has 1 aromatic rings. The zero-order valence-electron chi connectivity index (χ0n) is 9.37. The largest absolute Gasteiger partial charge is 0.478 e. The monoisotopic (exact) mass is 235 g/mol. The van der Waals surface area contributed by atoms with Crippen molar-refractivity contribution in [3.8, 4) is 0 Å². The molecule has 0 saturated carbocycles. The summed E-state index contributed by atoms with van der Waals surface area (Å²) in [5, 5.41) is 8.88. The van der Waals surface area contributed by atoms with Crippen LogP contribution >= 0.6 is 0 Å². The zero-order valence-corrected chi connectivity index (χ0v) is 9.37. The van der Waals surface area contributed by atoms with Crippen molar-refractivity contribution in [3.63, 3.8) is 0 Å². The van der Waals surface area contributed by atoms with Crippen molar-refractivity contribution in [2.45, 2.75) is 25.6 Å². The lowest BCUT2D eigenvalue weighted by Gasteiger charge is -2.19. The highest BCUT2D eigenvalue weighted by Crippen LogP contribution is 2.21. The normalized spacial score (nSPS) is 23.6. The highest BCUT2D eigenvalue weighted by molar-refractivity contribution is 5.82. The number of amides is 1. The van der Waals surface area contributed by atoms with E-state index in [4.69, 9.17) is 9.84 Å². The van der Waals surface area contributed by atoms with Crippen LogP contribution < -0.4 is 0 Å². The summed E-state index contributed by atoms with van der Waals surface area (Å²) in [5.74, 6) is -1.11. The SMILES string of the molecule is CC1C(C(=O)O)OC(=O)N1Cc1ccccc1. The van der Waals surface area contributed by atoms with Crippen molar-refractivity contribution in [2.75, 3.05) is 0 Å². The van der Waals surface area contributed by atoms with Gasteiger partial charge in [-0.2, -0.15) is 0 Å². The van der Waals surface area contributed by atoms with E-state index in [1.807, 2.05) is 30.3 Å². The summed E-state index contributed by atoms with van der Waals surface area (Å²) in [6, 6.07) is 8.93. The third kappa shape index (κ3) is 2.22. The number of carboxylic acid groups (broad SMARTS) is 1. The van der Waals surface area contributed by atoms with E-state index in [-0.39, 0.29) is 0 Å². The molecular formula is C12H13NO4. The summed E-state index contributed by atoms with van der Waals surface area (Å²) in [4.78, 5) is 23.8. The molecule has 1 fully saturated rings. The molecule has 17 heavy (non-hydrogen) atoms. The molecule has 0 bridgehead atoms. The second kappa shape index (κ2) is 4.45. The predicted octanol–water partition coefficient (Wildman–Crippen LogP) is 1.48. The van der Waals surface area contributed by atoms with Gasteiger partial charge in [0.1, 0.15) is 0 Å². The third-order valence-corrected chi connectivity index (χ3v) is 2.83. The van der Waals surface area contributed by atoms with E-state index in [1.54, 1.807) is 6.92 Å². The molecule has 2 rings (SSSR count). The molecule has 0 aliphatic carbocycles. The highest BCUT2D eigenvalue weighted by atomic mass is 16.6. The number of aliphatic carboxylic acids is 1. The van der Waals surface area contributed by atoms with E-state index in [1.165, 1.54) is 4.90 Å². The summed E-state index contributed by atoms with van der Waals surface area (Å²) in [6.07, 6.45) is -1.65. The zero-order chi connectivity index (χ0) is 12.4. The number of hydrogen-bond acceptors (Lipinski definition) is 3. The molecule has 0 aromatic heterocycles. The van der Waals surface area contributed by atoms with Crippen LogP contribution in [-0.2, 0) is 16.1 Å². The van der Waals surface area contributed by atoms with Gasteiger partial charge in [-0.1, -0.05) is 30.3 Å². The molecule has 1 saturated heterocycles. The Morgan fingerprint density at radius 2 is 2.06 bits per heavy atom. The van der Waals surface area contributed by atoms with Gasteiger partial charge in [0, 0.05) is 6.54 Å². The van der Waals surface area contributed by atoms with Crippen LogP contribution in [0.4, 0.5) is 4.79 Å². The van der Waals surface area contributed by atoms with E-state index < -0.39 is 24.2 Å². The fraction of sp³-hybridized carbons (Fsp3) is 0.333. The lowest BCUT2D eigenvalue weighted by atomic mass is 10.1. The maximum Gasteiger partial charge on any atom is 0.411 e. The fourth-order valence-electron chi connectivity index (χ4n) is 1.85. The van der Waals surface area contributed by atoms with E-state index in [0.717, 1.165) is 5.56 Å². The smallest absolute Gasteiger partial charge is 0.411 e. The summed E-state index contributed by atoms with van der Waals surface area (Å²) in [6.45, 7) is 2.04. The van der Waals surface area contributed by atoms with Crippen LogP contribution in [0.5, 0.6) is 0 Å². The number of carbonyl (C=O) groups excluding carboxylic acids is 1. The molecule has 1 N–H and O–H groups in total. The van der Waals surface area contributed by atoms with Crippen LogP contribution in [0.1, 0.15) is 12.5 Å². The van der Waals surface area contributed by atoms with Gasteiger partial charge in [-0.15, -0.1) is 0 Å². The molecule has 1 aliphatic rings. The van der Waals surface area contributed by atoms with E-state index in [2.05, 4.69) is 0 Å². The Bertz CT molecular complexity index is 431. The minimum Gasteiger partial charge on any atom is -0.478 e. The van der Waals surface area contributed by atoms with Gasteiger partial charge in [0.25, 0.3) is 0 Å². The minimum atomic E-state index is -1.11. The number of rotatable bonds is 3. The van der Waals surface area contributed by atoms with Crippen LogP contribution in [0, 0.1) is 0 Å². The van der Waals surface area contributed by atoms with Crippen molar-refractivity contribution in [2.24, 2.45) is 0 Å². The number of hydrogen-bond donors (Lipinski definition) is 1. The lowest BCUT2D eigenvalue weighted by Crippen LogP contribution is -2.36. The first-order chi connectivity index (χ1) is 8.09. The first kappa shape index (κ1) is 11.4. The van der Waals surface area contributed by atoms with Gasteiger partial charge in [0.2, 0.25) is 6.10 Å². The molecular weight excluding hydrogens is 222 g/mol. The Balaban J connectivity index is 2.12. The molecule has 0 spiro atoms. The third-order valence-electron chi connectivity index (χ3n) is 2.83. The molecule has 5 heteroatoms. The summed E-state index contributed by atoms with van der Waals surface area (Å²) >= 11 is 0. The Labute approximate surface area is 98.6 Å². The van der Waals surface area contributed by atoms with Gasteiger partial charge in [0.15, 0.2) is 0 Å². The van der Waals surface area contributed by atoms with E-state index in [9.17, 15) is 9.59 Å². The maximum atomic E-state index is 11.5. The van der Waals surface area contributed by atoms with E-state index >= 15 is 0 Å². The molecule has 1 aromatic carbocycles. The van der Waals surface area contributed by atoms with Crippen LogP contribution in [-0.4, -0.2) is 34.2 Å². The highest BCUT2D eigenvalue weighted by Gasteiger charge is 2.42. The van der Waals surface area contributed by atoms with Crippen molar-refractivity contribution in [3.05, 3.63) is 35.9 Å². The molecule has 1 amide bonds. The Kier molecular flexibility index (Phi) is 2.99. The summed E-state index contributed by atoms with van der Waals surface area (Å²) < 4.78 is 4.81. The van der Waals surface area contributed by atoms with Gasteiger partial charge in [-0.05, 0) is 12.5 Å². The second-order valence-corrected chi connectivity index (χ2v) is 4.00. The average molecular weight is 235 g/mol. The first-order valence-corrected chi connectivity index (χ1v) is 5.33. The molecule has 2 unspecified atom stereocenters. The molecule has 0 radical (unpaired) electrons. The molecule has 2 atom stereocenters. The Morgan fingerprint density at radius 1 is 1.41 bits per heavy atom. The fourth-order valence-corrected chi connectivity index (χ4v) is 1.85. The van der Waals surface area contributed by atoms with Gasteiger partial charge >= 0.3 is 12.1 Å². The van der Waals surface area contributed by atoms with Crippen LogP contribution in [0.2, 0.25) is 0 Å². The number of carbonyl (C=O) groups is 2. The van der Waals surface area contributed by atoms with Crippen molar-refractivity contribution in [1.82, 2.24) is 4.90 Å². The summed E-state index contributed by atoms with van der Waals surface area (Å²) in [5.41, 5.74) is 0.947. The van der Waals surface area contributed by atoms with Crippen molar-refractivity contribution in [1.29, 1.82) is 0 Å². The minimum absolute atomic E-state index is 0.366. The Hall–Kier alpha value is -2.04. The number of carboxylic acids is 1. The number of cyclic esters (lactones) is 1. The molecule has 90 valence electrons. The van der Waals surface area contributed by atoms with Crippen molar-refractivity contribution < 1.29 is 19.4 Å². The average Bonchev–Trinajstić information content (AvgIpc) is 2.58. The van der Waals surface area contributed by atoms with Crippen LogP contribution in [0.15, 0.2) is 30.3 Å². The predicted molar refractivity (Wildman–Crippen MR) is 59.4 cm³/mol. The Morgan fingerprint density at radius 3 is 2.59 bits per heavy atom. The van der Waals surface area contributed by atoms with Gasteiger partial charge in [0.05, 0.1) is 6.04 Å². The van der Waals surface area contributed by atoms with E-state index in [0.29, 0.717) is 6.54 Å². The first-order valence-electron chi connectivity index (χ1n) is 5.33. The molecule has 1 aliphatic heterocycles. The summed E-state index contributed by atoms with van der Waals surface area (Å²) in [7, 11) is 0. The number of nitrogens with zero attached hydrogens (tertiary/aromatic N) is 1. The molecule has 5 nitrogen and oxygen atoms in total. The number of ether oxygens (including phenoxy) is 1. The quantitative estimate of drug-likeness (QED) is 0.861. The standard InChI is InChI=1S/C12H13NO4/c1-8-10(11(14)15)17-12(16)13(8)7-9-5-3-2-4-6-9/h2-6,8,10H,7H2,1H3,(H,14,15). The second-order valence-electron chi connectivity index (χ2n) is 4.00. The van der Waals surface area contributed by atoms with Gasteiger partial charge < -0.3 is 9.84 Å². The molecule has 1 heterocycles. The van der Waals surface area contributed by atoms with Crippen LogP contribution in [0.25, 0.3) is 0 Å². The van der Waals surface area contributed by atoms with Gasteiger partial charge in [-0.25, -0.2) is 9.59 Å². The van der Waals surface area contributed by atoms with Crippen LogP contribution in [0.3, 0.4) is 0 Å².